The molecule has 1 aliphatic heterocycles. The van der Waals surface area contributed by atoms with Gasteiger partial charge in [0.2, 0.25) is 0 Å². The monoisotopic (exact) mass is 276 g/mol. The van der Waals surface area contributed by atoms with Crippen LogP contribution in [0.3, 0.4) is 0 Å². The van der Waals surface area contributed by atoms with E-state index in [1.165, 1.54) is 10.5 Å². The number of aromatic nitrogens is 1. The minimum absolute atomic E-state index is 0.0155. The van der Waals surface area contributed by atoms with Gasteiger partial charge in [0, 0.05) is 13.1 Å². The summed E-state index contributed by atoms with van der Waals surface area (Å²) < 4.78 is 25.4. The van der Waals surface area contributed by atoms with Crippen LogP contribution in [0, 0.1) is 12.3 Å². The van der Waals surface area contributed by atoms with Crippen molar-refractivity contribution in [1.29, 1.82) is 0 Å². The van der Waals surface area contributed by atoms with Crippen LogP contribution in [0.5, 0.6) is 0 Å². The average molecular weight is 276 g/mol. The number of hydrogen-bond donors (Lipinski definition) is 1. The molecule has 17 heavy (non-hydrogen) atoms. The summed E-state index contributed by atoms with van der Waals surface area (Å²) in [4.78, 5) is 14.8. The number of rotatable bonds is 3. The molecule has 2 heterocycles. The predicted octanol–water partition coefficient (Wildman–Crippen LogP) is 0.547. The van der Waals surface area contributed by atoms with Gasteiger partial charge in [0.05, 0.1) is 16.6 Å². The van der Waals surface area contributed by atoms with E-state index in [4.69, 9.17) is 5.11 Å². The van der Waals surface area contributed by atoms with Gasteiger partial charge < -0.3 is 5.11 Å². The highest BCUT2D eigenvalue weighted by atomic mass is 32.2. The van der Waals surface area contributed by atoms with Crippen LogP contribution >= 0.6 is 11.3 Å². The number of thiazole rings is 1. The fraction of sp³-hybridized carbons (Fsp3) is 0.556. The van der Waals surface area contributed by atoms with Crippen molar-refractivity contribution >= 4 is 27.3 Å². The lowest BCUT2D eigenvalue weighted by molar-refractivity contribution is -0.154. The summed E-state index contributed by atoms with van der Waals surface area (Å²) in [6.07, 6.45) is 1.31. The highest BCUT2D eigenvalue weighted by Gasteiger charge is 2.50. The summed E-state index contributed by atoms with van der Waals surface area (Å²) in [6.45, 7) is 3.30. The Bertz CT molecular complexity index is 557. The largest absolute Gasteiger partial charge is 0.481 e. The fourth-order valence-electron chi connectivity index (χ4n) is 1.63. The van der Waals surface area contributed by atoms with Crippen LogP contribution in [0.15, 0.2) is 10.4 Å². The van der Waals surface area contributed by atoms with E-state index in [1.54, 1.807) is 13.8 Å². The molecule has 0 bridgehead atoms. The lowest BCUT2D eigenvalue weighted by Gasteiger charge is -2.43. The van der Waals surface area contributed by atoms with Crippen LogP contribution in [-0.4, -0.2) is 41.9 Å². The summed E-state index contributed by atoms with van der Waals surface area (Å²) in [5.74, 6) is -0.968. The number of aryl methyl sites for hydroxylation is 1. The molecule has 0 radical (unpaired) electrons. The molecular formula is C9H12N2O4S2. The third kappa shape index (κ3) is 1.96. The van der Waals surface area contributed by atoms with Crippen LogP contribution in [0.25, 0.3) is 0 Å². The van der Waals surface area contributed by atoms with Crippen molar-refractivity contribution in [3.8, 4) is 0 Å². The lowest BCUT2D eigenvalue weighted by atomic mass is 9.84. The normalized spacial score (nSPS) is 19.9. The molecule has 0 spiro atoms. The molecule has 2 rings (SSSR count). The van der Waals surface area contributed by atoms with Crippen molar-refractivity contribution in [3.63, 3.8) is 0 Å². The third-order valence-electron chi connectivity index (χ3n) is 2.76. The maximum atomic E-state index is 12.0. The Hall–Kier alpha value is -0.990. The molecule has 0 amide bonds. The van der Waals surface area contributed by atoms with Crippen molar-refractivity contribution in [2.24, 2.45) is 5.41 Å². The van der Waals surface area contributed by atoms with Gasteiger partial charge in [-0.15, -0.1) is 11.3 Å². The van der Waals surface area contributed by atoms with E-state index < -0.39 is 21.4 Å². The zero-order valence-electron chi connectivity index (χ0n) is 9.37. The second-order valence-electron chi connectivity index (χ2n) is 4.34. The van der Waals surface area contributed by atoms with E-state index in [-0.39, 0.29) is 17.3 Å². The molecule has 0 atom stereocenters. The first-order valence-electron chi connectivity index (χ1n) is 4.92. The van der Waals surface area contributed by atoms with Crippen LogP contribution in [0.2, 0.25) is 0 Å². The van der Waals surface area contributed by atoms with Crippen LogP contribution in [0.4, 0.5) is 0 Å². The molecule has 1 N–H and O–H groups in total. The summed E-state index contributed by atoms with van der Waals surface area (Å²) in [5.41, 5.74) is -0.965. The average Bonchev–Trinajstić information content (AvgIpc) is 2.60. The molecule has 0 unspecified atom stereocenters. The maximum Gasteiger partial charge on any atom is 0.312 e. The molecule has 0 aliphatic carbocycles. The third-order valence-corrected chi connectivity index (χ3v) is 5.90. The molecule has 0 aromatic carbocycles. The highest BCUT2D eigenvalue weighted by molar-refractivity contribution is 7.91. The van der Waals surface area contributed by atoms with E-state index >= 15 is 0 Å². The first-order chi connectivity index (χ1) is 7.75. The molecule has 6 nitrogen and oxygen atoms in total. The van der Waals surface area contributed by atoms with Crippen LogP contribution in [-0.2, 0) is 14.8 Å². The lowest BCUT2D eigenvalue weighted by Crippen LogP contribution is -2.60. The topological polar surface area (TPSA) is 87.6 Å². The van der Waals surface area contributed by atoms with Gasteiger partial charge in [-0.2, -0.15) is 4.31 Å². The summed E-state index contributed by atoms with van der Waals surface area (Å²) in [7, 11) is -3.56. The van der Waals surface area contributed by atoms with Gasteiger partial charge in [-0.05, 0) is 13.8 Å². The Balaban J connectivity index is 2.19. The number of nitrogens with zero attached hydrogens (tertiary/aromatic N) is 2. The van der Waals surface area contributed by atoms with Gasteiger partial charge in [-0.25, -0.2) is 13.4 Å². The van der Waals surface area contributed by atoms with Crippen LogP contribution in [0.1, 0.15) is 11.9 Å². The van der Waals surface area contributed by atoms with Crippen LogP contribution < -0.4 is 0 Å². The predicted molar refractivity (Wildman–Crippen MR) is 61.4 cm³/mol. The number of aliphatic carboxylic acids is 1. The van der Waals surface area contributed by atoms with Gasteiger partial charge in [0.25, 0.3) is 10.0 Å². The standard InChI is InChI=1S/C9H12N2O4S2/c1-6-10-3-7(16-6)17(14,15)11-4-9(2,5-11)8(12)13/h3H,4-5H2,1-2H3,(H,12,13). The number of carboxylic acids is 1. The van der Waals surface area contributed by atoms with E-state index in [0.717, 1.165) is 11.3 Å². The summed E-state index contributed by atoms with van der Waals surface area (Å²) in [5, 5.41) is 9.59. The Morgan fingerprint density at radius 3 is 2.59 bits per heavy atom. The van der Waals surface area contributed by atoms with E-state index in [2.05, 4.69) is 4.98 Å². The number of hydrogen-bond acceptors (Lipinski definition) is 5. The van der Waals surface area contributed by atoms with Crippen molar-refractivity contribution in [2.75, 3.05) is 13.1 Å². The maximum absolute atomic E-state index is 12.0. The Morgan fingerprint density at radius 2 is 2.18 bits per heavy atom. The zero-order chi connectivity index (χ0) is 12.8. The molecule has 94 valence electrons. The molecule has 1 saturated heterocycles. The van der Waals surface area contributed by atoms with Gasteiger partial charge in [-0.1, -0.05) is 0 Å². The first kappa shape index (κ1) is 12.5. The molecule has 1 fully saturated rings. The minimum atomic E-state index is -3.56. The second kappa shape index (κ2) is 3.76. The molecule has 1 aromatic rings. The quantitative estimate of drug-likeness (QED) is 0.871. The Kier molecular flexibility index (Phi) is 2.75. The minimum Gasteiger partial charge on any atom is -0.481 e. The SMILES string of the molecule is Cc1ncc(S(=O)(=O)N2CC(C)(C(=O)O)C2)s1. The van der Waals surface area contributed by atoms with Gasteiger partial charge in [0.1, 0.15) is 0 Å². The second-order valence-corrected chi connectivity index (χ2v) is 7.74. The van der Waals surface area contributed by atoms with Gasteiger partial charge in [-0.3, -0.25) is 4.79 Å². The van der Waals surface area contributed by atoms with Crippen molar-refractivity contribution < 1.29 is 18.3 Å². The van der Waals surface area contributed by atoms with Crippen molar-refractivity contribution in [1.82, 2.24) is 9.29 Å². The fourth-order valence-corrected chi connectivity index (χ4v) is 4.58. The van der Waals surface area contributed by atoms with E-state index in [1.807, 2.05) is 0 Å². The van der Waals surface area contributed by atoms with Crippen molar-refractivity contribution in [2.45, 2.75) is 18.1 Å². The van der Waals surface area contributed by atoms with Crippen molar-refractivity contribution in [3.05, 3.63) is 11.2 Å². The highest BCUT2D eigenvalue weighted by Crippen LogP contribution is 2.35. The molecule has 8 heteroatoms. The smallest absolute Gasteiger partial charge is 0.312 e. The molecule has 0 saturated carbocycles. The number of sulfonamides is 1. The van der Waals surface area contributed by atoms with E-state index in [0.29, 0.717) is 5.01 Å². The number of carbonyl (C=O) groups is 1. The Labute approximate surface area is 103 Å². The summed E-state index contributed by atoms with van der Waals surface area (Å²) >= 11 is 1.09. The summed E-state index contributed by atoms with van der Waals surface area (Å²) in [6, 6.07) is 0. The van der Waals surface area contributed by atoms with Gasteiger partial charge in [0.15, 0.2) is 4.21 Å². The first-order valence-corrected chi connectivity index (χ1v) is 7.17. The van der Waals surface area contributed by atoms with Gasteiger partial charge >= 0.3 is 5.97 Å². The molecular weight excluding hydrogens is 264 g/mol. The number of carboxylic acid groups (broad SMARTS) is 1. The zero-order valence-corrected chi connectivity index (χ0v) is 11.0. The van der Waals surface area contributed by atoms with E-state index in [9.17, 15) is 13.2 Å². The molecule has 1 aromatic heterocycles. The Morgan fingerprint density at radius 1 is 1.59 bits per heavy atom. The molecule has 1 aliphatic rings.